The molecule has 0 spiro atoms. The van der Waals surface area contributed by atoms with Gasteiger partial charge in [-0.05, 0) is 31.2 Å². The van der Waals surface area contributed by atoms with E-state index in [1.54, 1.807) is 12.1 Å². The average molecular weight is 319 g/mol. The Hall–Kier alpha value is -2.58. The van der Waals surface area contributed by atoms with Gasteiger partial charge in [-0.25, -0.2) is 8.42 Å². The summed E-state index contributed by atoms with van der Waals surface area (Å²) in [6, 6.07) is 10.2. The number of carbonyl (C=O) groups excluding carboxylic acids is 2. The molecular weight excluding hydrogens is 306 g/mol. The summed E-state index contributed by atoms with van der Waals surface area (Å²) in [5, 5.41) is 0. The van der Waals surface area contributed by atoms with Crippen molar-refractivity contribution in [3.63, 3.8) is 0 Å². The minimum Gasteiger partial charge on any atom is -0.295 e. The van der Waals surface area contributed by atoms with Gasteiger partial charge in [0, 0.05) is 11.8 Å². The molecule has 0 atom stereocenters. The zero-order valence-corrected chi connectivity index (χ0v) is 12.4. The SMILES string of the molecule is CC(=O)c1cccc(S(=O)(=O)NNC(=O)c2ccccn2)c1. The topological polar surface area (TPSA) is 105 Å². The van der Waals surface area contributed by atoms with E-state index in [1.807, 2.05) is 4.83 Å². The van der Waals surface area contributed by atoms with Gasteiger partial charge in [0.1, 0.15) is 5.69 Å². The molecule has 0 radical (unpaired) electrons. The molecule has 1 heterocycles. The van der Waals surface area contributed by atoms with Gasteiger partial charge in [0.2, 0.25) is 0 Å². The molecule has 1 amide bonds. The van der Waals surface area contributed by atoms with Gasteiger partial charge in [-0.2, -0.15) is 0 Å². The minimum atomic E-state index is -3.98. The number of sulfonamides is 1. The summed E-state index contributed by atoms with van der Waals surface area (Å²) in [6.45, 7) is 1.34. The summed E-state index contributed by atoms with van der Waals surface area (Å²) < 4.78 is 24.2. The monoisotopic (exact) mass is 319 g/mol. The first-order chi connectivity index (χ1) is 10.4. The van der Waals surface area contributed by atoms with Crippen LogP contribution in [0.3, 0.4) is 0 Å². The first kappa shape index (κ1) is 15.8. The molecule has 2 aromatic rings. The van der Waals surface area contributed by atoms with Gasteiger partial charge in [0.25, 0.3) is 15.9 Å². The zero-order valence-electron chi connectivity index (χ0n) is 11.6. The van der Waals surface area contributed by atoms with E-state index in [0.29, 0.717) is 0 Å². The molecule has 0 aliphatic heterocycles. The lowest BCUT2D eigenvalue weighted by Crippen LogP contribution is -2.41. The molecule has 0 aliphatic carbocycles. The molecule has 1 aromatic heterocycles. The number of ketones is 1. The molecule has 2 N–H and O–H groups in total. The van der Waals surface area contributed by atoms with Gasteiger partial charge in [0.15, 0.2) is 5.78 Å². The Bertz CT molecular complexity index is 804. The lowest BCUT2D eigenvalue weighted by atomic mass is 10.2. The van der Waals surface area contributed by atoms with Crippen molar-refractivity contribution < 1.29 is 18.0 Å². The van der Waals surface area contributed by atoms with Crippen LogP contribution in [0.15, 0.2) is 53.6 Å². The van der Waals surface area contributed by atoms with Crippen LogP contribution in [0.5, 0.6) is 0 Å². The van der Waals surface area contributed by atoms with Crippen LogP contribution >= 0.6 is 0 Å². The molecule has 0 bridgehead atoms. The third kappa shape index (κ3) is 3.74. The highest BCUT2D eigenvalue weighted by Crippen LogP contribution is 2.11. The Morgan fingerprint density at radius 3 is 2.50 bits per heavy atom. The number of nitrogens with zero attached hydrogens (tertiary/aromatic N) is 1. The number of amides is 1. The van der Waals surface area contributed by atoms with Gasteiger partial charge in [0.05, 0.1) is 4.90 Å². The highest BCUT2D eigenvalue weighted by molar-refractivity contribution is 7.89. The lowest BCUT2D eigenvalue weighted by Gasteiger charge is -2.08. The molecule has 114 valence electrons. The lowest BCUT2D eigenvalue weighted by molar-refractivity contribution is 0.0939. The molecule has 8 heteroatoms. The summed E-state index contributed by atoms with van der Waals surface area (Å²) in [7, 11) is -3.98. The number of rotatable bonds is 5. The molecule has 0 fully saturated rings. The van der Waals surface area contributed by atoms with E-state index < -0.39 is 15.9 Å². The molecular formula is C14H13N3O4S. The van der Waals surface area contributed by atoms with E-state index in [4.69, 9.17) is 0 Å². The molecule has 7 nitrogen and oxygen atoms in total. The van der Waals surface area contributed by atoms with Crippen LogP contribution in [0.1, 0.15) is 27.8 Å². The van der Waals surface area contributed by atoms with Crippen LogP contribution in [-0.4, -0.2) is 25.1 Å². The smallest absolute Gasteiger partial charge is 0.284 e. The first-order valence-corrected chi connectivity index (χ1v) is 7.72. The quantitative estimate of drug-likeness (QED) is 0.629. The maximum Gasteiger partial charge on any atom is 0.284 e. The van der Waals surface area contributed by atoms with Crippen molar-refractivity contribution in [1.29, 1.82) is 0 Å². The standard InChI is InChI=1S/C14H13N3O4S/c1-10(18)11-5-4-6-12(9-11)22(20,21)17-16-14(19)13-7-2-3-8-15-13/h2-9,17H,1H3,(H,16,19). The Kier molecular flexibility index (Phi) is 4.64. The van der Waals surface area contributed by atoms with Gasteiger partial charge < -0.3 is 0 Å². The number of hydrazine groups is 1. The number of aromatic nitrogens is 1. The second-order valence-electron chi connectivity index (χ2n) is 4.36. The summed E-state index contributed by atoms with van der Waals surface area (Å²) >= 11 is 0. The second kappa shape index (κ2) is 6.46. The average Bonchev–Trinajstić information content (AvgIpc) is 2.53. The third-order valence-electron chi connectivity index (χ3n) is 2.75. The summed E-state index contributed by atoms with van der Waals surface area (Å²) in [6.07, 6.45) is 1.42. The number of Topliss-reactive ketones (excluding diaryl/α,β-unsaturated/α-hetero) is 1. The molecule has 0 saturated carbocycles. The van der Waals surface area contributed by atoms with E-state index >= 15 is 0 Å². The van der Waals surface area contributed by atoms with E-state index in [1.165, 1.54) is 43.5 Å². The van der Waals surface area contributed by atoms with Crippen molar-refractivity contribution in [2.45, 2.75) is 11.8 Å². The van der Waals surface area contributed by atoms with Crippen LogP contribution in [0.4, 0.5) is 0 Å². The van der Waals surface area contributed by atoms with E-state index in [9.17, 15) is 18.0 Å². The Morgan fingerprint density at radius 1 is 1.09 bits per heavy atom. The van der Waals surface area contributed by atoms with Crippen LogP contribution in [0, 0.1) is 0 Å². The van der Waals surface area contributed by atoms with Crippen LogP contribution in [-0.2, 0) is 10.0 Å². The van der Waals surface area contributed by atoms with Gasteiger partial charge >= 0.3 is 0 Å². The minimum absolute atomic E-state index is 0.0719. The van der Waals surface area contributed by atoms with Gasteiger partial charge in [-0.15, -0.1) is 4.83 Å². The van der Waals surface area contributed by atoms with E-state index in [0.717, 1.165) is 0 Å². The van der Waals surface area contributed by atoms with Crippen molar-refractivity contribution in [1.82, 2.24) is 15.2 Å². The summed E-state index contributed by atoms with van der Waals surface area (Å²) in [5.74, 6) is -0.943. The second-order valence-corrected chi connectivity index (χ2v) is 6.04. The Morgan fingerprint density at radius 2 is 1.86 bits per heavy atom. The van der Waals surface area contributed by atoms with Crippen LogP contribution in [0.25, 0.3) is 0 Å². The number of benzene rings is 1. The molecule has 2 rings (SSSR count). The highest BCUT2D eigenvalue weighted by atomic mass is 32.2. The maximum atomic E-state index is 12.1. The van der Waals surface area contributed by atoms with Crippen molar-refractivity contribution in [3.8, 4) is 0 Å². The highest BCUT2D eigenvalue weighted by Gasteiger charge is 2.17. The fourth-order valence-corrected chi connectivity index (χ4v) is 2.50. The van der Waals surface area contributed by atoms with E-state index in [-0.39, 0.29) is 21.9 Å². The predicted molar refractivity (Wildman–Crippen MR) is 78.5 cm³/mol. The third-order valence-corrected chi connectivity index (χ3v) is 3.99. The molecule has 1 aromatic carbocycles. The van der Waals surface area contributed by atoms with E-state index in [2.05, 4.69) is 10.4 Å². The summed E-state index contributed by atoms with van der Waals surface area (Å²) in [5.41, 5.74) is 2.40. The summed E-state index contributed by atoms with van der Waals surface area (Å²) in [4.78, 5) is 28.7. The number of pyridine rings is 1. The van der Waals surface area contributed by atoms with Crippen molar-refractivity contribution in [2.24, 2.45) is 0 Å². The first-order valence-electron chi connectivity index (χ1n) is 6.24. The van der Waals surface area contributed by atoms with Gasteiger partial charge in [-0.3, -0.25) is 20.0 Å². The van der Waals surface area contributed by atoms with Crippen molar-refractivity contribution >= 4 is 21.7 Å². The van der Waals surface area contributed by atoms with Gasteiger partial charge in [-0.1, -0.05) is 18.2 Å². The largest absolute Gasteiger partial charge is 0.295 e. The zero-order chi connectivity index (χ0) is 16.2. The number of hydrogen-bond donors (Lipinski definition) is 2. The molecule has 0 aliphatic rings. The fraction of sp³-hybridized carbons (Fsp3) is 0.0714. The number of carbonyl (C=O) groups is 2. The van der Waals surface area contributed by atoms with Crippen molar-refractivity contribution in [3.05, 3.63) is 59.9 Å². The van der Waals surface area contributed by atoms with Crippen LogP contribution in [0.2, 0.25) is 0 Å². The van der Waals surface area contributed by atoms with Crippen LogP contribution < -0.4 is 10.3 Å². The van der Waals surface area contributed by atoms with Crippen molar-refractivity contribution in [2.75, 3.05) is 0 Å². The maximum absolute atomic E-state index is 12.1. The fourth-order valence-electron chi connectivity index (χ4n) is 1.62. The Labute approximate surface area is 127 Å². The Balaban J connectivity index is 2.13. The number of hydrogen-bond acceptors (Lipinski definition) is 5. The molecule has 0 unspecified atom stereocenters. The number of nitrogens with one attached hydrogen (secondary N) is 2. The normalized spacial score (nSPS) is 11.0. The molecule has 0 saturated heterocycles. The predicted octanol–water partition coefficient (Wildman–Crippen LogP) is 0.908. The molecule has 22 heavy (non-hydrogen) atoms.